The average Bonchev–Trinajstić information content (AvgIpc) is 3.20. The van der Waals surface area contributed by atoms with Crippen molar-refractivity contribution in [2.24, 2.45) is 0 Å². The summed E-state index contributed by atoms with van der Waals surface area (Å²) in [4.78, 5) is 36.3. The molecule has 132 valence electrons. The van der Waals surface area contributed by atoms with Gasteiger partial charge in [0.2, 0.25) is 5.91 Å². The summed E-state index contributed by atoms with van der Waals surface area (Å²) in [6.45, 7) is 1.27. The molecule has 4 heterocycles. The molecule has 0 spiro atoms. The molecular formula is C19H18N4O2S. The Kier molecular flexibility index (Phi) is 4.62. The van der Waals surface area contributed by atoms with Crippen molar-refractivity contribution in [2.75, 3.05) is 13.1 Å². The highest BCUT2D eigenvalue weighted by molar-refractivity contribution is 7.10. The fraction of sp³-hybridized carbons (Fsp3) is 0.263. The zero-order valence-corrected chi connectivity index (χ0v) is 14.9. The molecular weight excluding hydrogens is 348 g/mol. The fourth-order valence-corrected chi connectivity index (χ4v) is 3.86. The first-order chi connectivity index (χ1) is 12.7. The molecule has 26 heavy (non-hydrogen) atoms. The first-order valence-corrected chi connectivity index (χ1v) is 9.43. The van der Waals surface area contributed by atoms with E-state index in [4.69, 9.17) is 0 Å². The van der Waals surface area contributed by atoms with E-state index in [-0.39, 0.29) is 17.5 Å². The molecule has 1 saturated heterocycles. The number of carbonyl (C=O) groups is 1. The number of piperidine rings is 1. The summed E-state index contributed by atoms with van der Waals surface area (Å²) in [6, 6.07) is 7.50. The second kappa shape index (κ2) is 7.21. The van der Waals surface area contributed by atoms with Gasteiger partial charge in [0.05, 0.1) is 5.39 Å². The van der Waals surface area contributed by atoms with Crippen molar-refractivity contribution in [2.45, 2.75) is 18.9 Å². The molecule has 0 atom stereocenters. The minimum Gasteiger partial charge on any atom is -0.339 e. The third-order valence-corrected chi connectivity index (χ3v) is 5.50. The average molecular weight is 366 g/mol. The highest BCUT2D eigenvalue weighted by atomic mass is 32.1. The van der Waals surface area contributed by atoms with Crippen LogP contribution in [0.4, 0.5) is 0 Å². The summed E-state index contributed by atoms with van der Waals surface area (Å²) in [5.74, 6) is 0.0185. The van der Waals surface area contributed by atoms with Gasteiger partial charge in [-0.1, -0.05) is 6.07 Å². The summed E-state index contributed by atoms with van der Waals surface area (Å²) in [5, 5.41) is 2.52. The van der Waals surface area contributed by atoms with Crippen LogP contribution in [-0.2, 0) is 4.79 Å². The zero-order chi connectivity index (χ0) is 17.9. The Labute approximate surface area is 154 Å². The van der Waals surface area contributed by atoms with Gasteiger partial charge in [0.25, 0.3) is 5.56 Å². The number of carbonyl (C=O) groups excluding carboxylic acids is 1. The monoisotopic (exact) mass is 366 g/mol. The molecule has 6 nitrogen and oxygen atoms in total. The van der Waals surface area contributed by atoms with E-state index >= 15 is 0 Å². The van der Waals surface area contributed by atoms with Gasteiger partial charge >= 0.3 is 0 Å². The van der Waals surface area contributed by atoms with Crippen molar-refractivity contribution in [1.29, 1.82) is 0 Å². The molecule has 0 aliphatic carbocycles. The van der Waals surface area contributed by atoms with Gasteiger partial charge in [0, 0.05) is 36.3 Å². The summed E-state index contributed by atoms with van der Waals surface area (Å²) in [6.07, 6.45) is 8.17. The van der Waals surface area contributed by atoms with Crippen molar-refractivity contribution in [3.8, 4) is 0 Å². The number of pyridine rings is 1. The van der Waals surface area contributed by atoms with Crippen LogP contribution in [0.25, 0.3) is 17.1 Å². The summed E-state index contributed by atoms with van der Waals surface area (Å²) < 4.78 is 1.69. The van der Waals surface area contributed by atoms with E-state index in [0.717, 1.165) is 17.7 Å². The standard InChI is InChI=1S/C19H18N4O2S/c24-17(6-5-15-3-2-12-26-15)22-10-7-14(8-11-22)23-13-21-18-16(19(23)25)4-1-9-20-18/h1-6,9,12-14H,7-8,10-11H2. The van der Waals surface area contributed by atoms with E-state index in [1.165, 1.54) is 0 Å². The van der Waals surface area contributed by atoms with E-state index in [0.29, 0.717) is 24.1 Å². The molecule has 1 aliphatic rings. The van der Waals surface area contributed by atoms with Crippen molar-refractivity contribution >= 4 is 34.4 Å². The Hall–Kier alpha value is -2.80. The lowest BCUT2D eigenvalue weighted by atomic mass is 10.0. The molecule has 1 amide bonds. The van der Waals surface area contributed by atoms with E-state index in [2.05, 4.69) is 9.97 Å². The van der Waals surface area contributed by atoms with Crippen LogP contribution in [0.1, 0.15) is 23.8 Å². The summed E-state index contributed by atoms with van der Waals surface area (Å²) in [5.41, 5.74) is 0.408. The smallest absolute Gasteiger partial charge is 0.263 e. The van der Waals surface area contributed by atoms with Crippen LogP contribution in [0.5, 0.6) is 0 Å². The third-order valence-electron chi connectivity index (χ3n) is 4.66. The van der Waals surface area contributed by atoms with Crippen LogP contribution in [0, 0.1) is 0 Å². The quantitative estimate of drug-likeness (QED) is 0.669. The Morgan fingerprint density at radius 3 is 2.81 bits per heavy atom. The van der Waals surface area contributed by atoms with Crippen molar-refractivity contribution < 1.29 is 4.79 Å². The van der Waals surface area contributed by atoms with E-state index in [1.807, 2.05) is 28.5 Å². The lowest BCUT2D eigenvalue weighted by Crippen LogP contribution is -2.40. The zero-order valence-electron chi connectivity index (χ0n) is 14.1. The molecule has 0 unspecified atom stereocenters. The molecule has 0 N–H and O–H groups in total. The molecule has 1 fully saturated rings. The number of likely N-dealkylation sites (tertiary alicyclic amines) is 1. The highest BCUT2D eigenvalue weighted by Gasteiger charge is 2.24. The van der Waals surface area contributed by atoms with Crippen LogP contribution in [0.2, 0.25) is 0 Å². The predicted octanol–water partition coefficient (Wildman–Crippen LogP) is 2.73. The number of amides is 1. The Morgan fingerprint density at radius 2 is 2.04 bits per heavy atom. The van der Waals surface area contributed by atoms with Gasteiger partial charge in [-0.05, 0) is 42.5 Å². The van der Waals surface area contributed by atoms with Crippen LogP contribution >= 0.6 is 11.3 Å². The molecule has 3 aromatic heterocycles. The topological polar surface area (TPSA) is 68.1 Å². The second-order valence-corrected chi connectivity index (χ2v) is 7.22. The van der Waals surface area contributed by atoms with Crippen LogP contribution in [0.3, 0.4) is 0 Å². The van der Waals surface area contributed by atoms with Gasteiger partial charge in [-0.2, -0.15) is 0 Å². The van der Waals surface area contributed by atoms with Crippen LogP contribution in [-0.4, -0.2) is 38.4 Å². The maximum Gasteiger partial charge on any atom is 0.263 e. The van der Waals surface area contributed by atoms with E-state index < -0.39 is 0 Å². The van der Waals surface area contributed by atoms with Crippen LogP contribution < -0.4 is 5.56 Å². The van der Waals surface area contributed by atoms with Gasteiger partial charge in [0.1, 0.15) is 6.33 Å². The highest BCUT2D eigenvalue weighted by Crippen LogP contribution is 2.22. The molecule has 0 saturated carbocycles. The van der Waals surface area contributed by atoms with Crippen molar-refractivity contribution in [3.05, 3.63) is 63.5 Å². The Balaban J connectivity index is 1.44. The minimum absolute atomic E-state index is 0.0185. The van der Waals surface area contributed by atoms with Crippen molar-refractivity contribution in [3.63, 3.8) is 0 Å². The third kappa shape index (κ3) is 3.30. The number of fused-ring (bicyclic) bond motifs is 1. The first-order valence-electron chi connectivity index (χ1n) is 8.55. The largest absolute Gasteiger partial charge is 0.339 e. The normalized spacial score (nSPS) is 15.8. The van der Waals surface area contributed by atoms with E-state index in [9.17, 15) is 9.59 Å². The molecule has 1 aliphatic heterocycles. The maximum atomic E-state index is 12.7. The van der Waals surface area contributed by atoms with E-state index in [1.54, 1.807) is 46.6 Å². The van der Waals surface area contributed by atoms with Gasteiger partial charge in [0.15, 0.2) is 5.65 Å². The first kappa shape index (κ1) is 16.7. The lowest BCUT2D eigenvalue weighted by molar-refractivity contribution is -0.127. The molecule has 3 aromatic rings. The molecule has 0 radical (unpaired) electrons. The Morgan fingerprint density at radius 1 is 1.19 bits per heavy atom. The summed E-state index contributed by atoms with van der Waals surface area (Å²) >= 11 is 1.60. The summed E-state index contributed by atoms with van der Waals surface area (Å²) in [7, 11) is 0. The van der Waals surface area contributed by atoms with Gasteiger partial charge < -0.3 is 4.90 Å². The van der Waals surface area contributed by atoms with Gasteiger partial charge in [-0.3, -0.25) is 14.2 Å². The fourth-order valence-electron chi connectivity index (χ4n) is 3.24. The molecule has 4 rings (SSSR count). The molecule has 0 aromatic carbocycles. The number of hydrogen-bond acceptors (Lipinski definition) is 5. The SMILES string of the molecule is O=C(C=Cc1cccs1)N1CCC(n2cnc3ncccc3c2=O)CC1. The van der Waals surface area contributed by atoms with Crippen LogP contribution in [0.15, 0.2) is 53.0 Å². The molecule has 0 bridgehead atoms. The van der Waals surface area contributed by atoms with Gasteiger partial charge in [-0.25, -0.2) is 9.97 Å². The predicted molar refractivity (Wildman–Crippen MR) is 102 cm³/mol. The minimum atomic E-state index is -0.0644. The molecule has 7 heteroatoms. The Bertz CT molecular complexity index is 1000. The number of nitrogens with zero attached hydrogens (tertiary/aromatic N) is 4. The maximum absolute atomic E-state index is 12.7. The number of thiophene rings is 1. The number of hydrogen-bond donors (Lipinski definition) is 0. The number of rotatable bonds is 3. The van der Waals surface area contributed by atoms with Gasteiger partial charge in [-0.15, -0.1) is 11.3 Å². The number of aromatic nitrogens is 3. The van der Waals surface area contributed by atoms with Crippen molar-refractivity contribution in [1.82, 2.24) is 19.4 Å². The lowest BCUT2D eigenvalue weighted by Gasteiger charge is -2.32. The second-order valence-electron chi connectivity index (χ2n) is 6.24.